The fourth-order valence-corrected chi connectivity index (χ4v) is 2.35. The Morgan fingerprint density at radius 1 is 1.15 bits per heavy atom. The third-order valence-corrected chi connectivity index (χ3v) is 3.30. The van der Waals surface area contributed by atoms with Crippen molar-refractivity contribution in [3.8, 4) is 0 Å². The molecule has 0 radical (unpaired) electrons. The van der Waals surface area contributed by atoms with Crippen LogP contribution in [0.1, 0.15) is 40.9 Å². The predicted molar refractivity (Wildman–Crippen MR) is 78.8 cm³/mol. The van der Waals surface area contributed by atoms with E-state index in [-0.39, 0.29) is 18.5 Å². The Labute approximate surface area is 120 Å². The fourth-order valence-electron chi connectivity index (χ4n) is 2.35. The van der Waals surface area contributed by atoms with Gasteiger partial charge in [-0.05, 0) is 45.7 Å². The van der Waals surface area contributed by atoms with Crippen molar-refractivity contribution in [2.75, 3.05) is 13.7 Å². The van der Waals surface area contributed by atoms with Crippen molar-refractivity contribution in [3.05, 3.63) is 34.4 Å². The highest BCUT2D eigenvalue weighted by atomic mass is 16.5. The standard InChI is InChI=1S/C16H23NO3/c1-10(2)17(9-14(18)20-6)16(19)15-12(4)7-11(3)8-13(15)5/h7-8,10H,9H2,1-6H3. The van der Waals surface area contributed by atoms with Gasteiger partial charge in [-0.25, -0.2) is 0 Å². The molecule has 0 aromatic heterocycles. The average molecular weight is 277 g/mol. The molecule has 1 aromatic rings. The van der Waals surface area contributed by atoms with E-state index in [9.17, 15) is 9.59 Å². The lowest BCUT2D eigenvalue weighted by atomic mass is 9.98. The maximum Gasteiger partial charge on any atom is 0.325 e. The van der Waals surface area contributed by atoms with Crippen LogP contribution in [0.15, 0.2) is 12.1 Å². The molecule has 0 aliphatic carbocycles. The zero-order chi connectivity index (χ0) is 15.4. The van der Waals surface area contributed by atoms with E-state index in [1.165, 1.54) is 12.0 Å². The molecule has 0 fully saturated rings. The molecule has 1 aromatic carbocycles. The minimum Gasteiger partial charge on any atom is -0.468 e. The van der Waals surface area contributed by atoms with Gasteiger partial charge in [-0.15, -0.1) is 0 Å². The number of hydrogen-bond acceptors (Lipinski definition) is 3. The topological polar surface area (TPSA) is 46.6 Å². The van der Waals surface area contributed by atoms with Crippen molar-refractivity contribution >= 4 is 11.9 Å². The first kappa shape index (κ1) is 16.2. The first-order valence-electron chi connectivity index (χ1n) is 6.73. The summed E-state index contributed by atoms with van der Waals surface area (Å²) in [6.45, 7) is 9.59. The minimum atomic E-state index is -0.408. The van der Waals surface area contributed by atoms with E-state index in [0.29, 0.717) is 5.56 Å². The van der Waals surface area contributed by atoms with Crippen LogP contribution in [0, 0.1) is 20.8 Å². The SMILES string of the molecule is COC(=O)CN(C(=O)c1c(C)cc(C)cc1C)C(C)C. The summed E-state index contributed by atoms with van der Waals surface area (Å²) < 4.78 is 4.66. The highest BCUT2D eigenvalue weighted by Gasteiger charge is 2.24. The molecule has 0 N–H and O–H groups in total. The maximum atomic E-state index is 12.7. The molecule has 4 heteroatoms. The summed E-state index contributed by atoms with van der Waals surface area (Å²) in [7, 11) is 1.33. The van der Waals surface area contributed by atoms with Crippen molar-refractivity contribution in [1.29, 1.82) is 0 Å². The van der Waals surface area contributed by atoms with Gasteiger partial charge in [-0.1, -0.05) is 17.7 Å². The van der Waals surface area contributed by atoms with Crippen molar-refractivity contribution in [3.63, 3.8) is 0 Å². The second-order valence-corrected chi connectivity index (χ2v) is 5.38. The van der Waals surface area contributed by atoms with Gasteiger partial charge in [0.15, 0.2) is 0 Å². The number of rotatable bonds is 4. The largest absolute Gasteiger partial charge is 0.468 e. The number of amides is 1. The molecule has 0 saturated carbocycles. The Morgan fingerprint density at radius 3 is 2.05 bits per heavy atom. The number of aryl methyl sites for hydroxylation is 3. The zero-order valence-corrected chi connectivity index (χ0v) is 13.1. The molecule has 0 heterocycles. The van der Waals surface area contributed by atoms with Gasteiger partial charge in [0.1, 0.15) is 6.54 Å². The number of methoxy groups -OCH3 is 1. The number of hydrogen-bond donors (Lipinski definition) is 0. The predicted octanol–water partition coefficient (Wildman–Crippen LogP) is 2.64. The van der Waals surface area contributed by atoms with E-state index in [1.54, 1.807) is 0 Å². The first-order chi connectivity index (χ1) is 9.27. The molecule has 0 aliphatic rings. The van der Waals surface area contributed by atoms with Crippen molar-refractivity contribution in [2.24, 2.45) is 0 Å². The van der Waals surface area contributed by atoms with Gasteiger partial charge in [-0.2, -0.15) is 0 Å². The Balaban J connectivity index is 3.16. The molecule has 0 bridgehead atoms. The monoisotopic (exact) mass is 277 g/mol. The van der Waals surface area contributed by atoms with Crippen LogP contribution in [0.25, 0.3) is 0 Å². The van der Waals surface area contributed by atoms with Crippen LogP contribution < -0.4 is 0 Å². The van der Waals surface area contributed by atoms with Gasteiger partial charge >= 0.3 is 5.97 Å². The summed E-state index contributed by atoms with van der Waals surface area (Å²) >= 11 is 0. The van der Waals surface area contributed by atoms with Crippen LogP contribution in [0.3, 0.4) is 0 Å². The van der Waals surface area contributed by atoms with Crippen LogP contribution in [-0.2, 0) is 9.53 Å². The van der Waals surface area contributed by atoms with Gasteiger partial charge < -0.3 is 9.64 Å². The molecule has 0 unspecified atom stereocenters. The van der Waals surface area contributed by atoms with Gasteiger partial charge in [-0.3, -0.25) is 9.59 Å². The molecule has 1 rings (SSSR count). The lowest BCUT2D eigenvalue weighted by Gasteiger charge is -2.27. The smallest absolute Gasteiger partial charge is 0.325 e. The molecule has 4 nitrogen and oxygen atoms in total. The van der Waals surface area contributed by atoms with E-state index in [0.717, 1.165) is 16.7 Å². The summed E-state index contributed by atoms with van der Waals surface area (Å²) in [6, 6.07) is 3.90. The molecule has 0 atom stereocenters. The molecule has 110 valence electrons. The fraction of sp³-hybridized carbons (Fsp3) is 0.500. The zero-order valence-electron chi connectivity index (χ0n) is 13.1. The second-order valence-electron chi connectivity index (χ2n) is 5.38. The summed E-state index contributed by atoms with van der Waals surface area (Å²) in [5.74, 6) is -0.533. The van der Waals surface area contributed by atoms with Crippen molar-refractivity contribution < 1.29 is 14.3 Å². The number of esters is 1. The summed E-state index contributed by atoms with van der Waals surface area (Å²) in [5, 5.41) is 0. The Kier molecular flexibility index (Phi) is 5.31. The van der Waals surface area contributed by atoms with E-state index in [2.05, 4.69) is 4.74 Å². The highest BCUT2D eigenvalue weighted by molar-refractivity contribution is 5.98. The van der Waals surface area contributed by atoms with Crippen LogP contribution >= 0.6 is 0 Å². The van der Waals surface area contributed by atoms with E-state index >= 15 is 0 Å². The normalized spacial score (nSPS) is 10.6. The molecule has 0 aliphatic heterocycles. The average Bonchev–Trinajstić information content (AvgIpc) is 2.33. The van der Waals surface area contributed by atoms with Gasteiger partial charge in [0.05, 0.1) is 7.11 Å². The van der Waals surface area contributed by atoms with Crippen LogP contribution in [0.2, 0.25) is 0 Å². The molecule has 1 amide bonds. The number of nitrogens with zero attached hydrogens (tertiary/aromatic N) is 1. The van der Waals surface area contributed by atoms with Crippen molar-refractivity contribution in [1.82, 2.24) is 4.90 Å². The Bertz CT molecular complexity index is 497. The van der Waals surface area contributed by atoms with Crippen LogP contribution in [0.4, 0.5) is 0 Å². The van der Waals surface area contributed by atoms with Crippen molar-refractivity contribution in [2.45, 2.75) is 40.7 Å². The number of carbonyl (C=O) groups excluding carboxylic acids is 2. The Hall–Kier alpha value is -1.84. The van der Waals surface area contributed by atoms with Gasteiger partial charge in [0.25, 0.3) is 5.91 Å². The molecule has 20 heavy (non-hydrogen) atoms. The van der Waals surface area contributed by atoms with E-state index in [1.807, 2.05) is 46.8 Å². The number of carbonyl (C=O) groups is 2. The van der Waals surface area contributed by atoms with Crippen LogP contribution in [0.5, 0.6) is 0 Å². The molecule has 0 spiro atoms. The minimum absolute atomic E-state index is 0.0280. The van der Waals surface area contributed by atoms with Gasteiger partial charge in [0, 0.05) is 11.6 Å². The summed E-state index contributed by atoms with van der Waals surface area (Å²) in [5.41, 5.74) is 3.67. The first-order valence-corrected chi connectivity index (χ1v) is 6.73. The highest BCUT2D eigenvalue weighted by Crippen LogP contribution is 2.19. The van der Waals surface area contributed by atoms with Crippen LogP contribution in [-0.4, -0.2) is 36.5 Å². The van der Waals surface area contributed by atoms with Gasteiger partial charge in [0.2, 0.25) is 0 Å². The Morgan fingerprint density at radius 2 is 1.65 bits per heavy atom. The summed E-state index contributed by atoms with van der Waals surface area (Å²) in [6.07, 6.45) is 0. The summed E-state index contributed by atoms with van der Waals surface area (Å²) in [4.78, 5) is 25.7. The lowest BCUT2D eigenvalue weighted by molar-refractivity contribution is -0.141. The molecule has 0 saturated heterocycles. The molecular weight excluding hydrogens is 254 g/mol. The number of ether oxygens (including phenoxy) is 1. The third-order valence-electron chi connectivity index (χ3n) is 3.30. The molecular formula is C16H23NO3. The third kappa shape index (κ3) is 3.59. The quantitative estimate of drug-likeness (QED) is 0.795. The lowest BCUT2D eigenvalue weighted by Crippen LogP contribution is -2.41. The van der Waals surface area contributed by atoms with E-state index in [4.69, 9.17) is 0 Å². The maximum absolute atomic E-state index is 12.7. The second kappa shape index (κ2) is 6.55. The van der Waals surface area contributed by atoms with E-state index < -0.39 is 5.97 Å². The number of benzene rings is 1.